The average molecular weight is 457 g/mol. The van der Waals surface area contributed by atoms with Gasteiger partial charge in [0.15, 0.2) is 0 Å². The van der Waals surface area contributed by atoms with Crippen LogP contribution in [0.15, 0.2) is 42.7 Å². The third kappa shape index (κ3) is 3.93. The van der Waals surface area contributed by atoms with Gasteiger partial charge in [-0.3, -0.25) is 4.90 Å². The van der Waals surface area contributed by atoms with Crippen LogP contribution in [-0.4, -0.2) is 49.2 Å². The normalized spacial score (nSPS) is 21.1. The highest BCUT2D eigenvalue weighted by molar-refractivity contribution is 6.06. The van der Waals surface area contributed by atoms with Gasteiger partial charge in [-0.2, -0.15) is 4.98 Å². The number of aromatic nitrogens is 4. The van der Waals surface area contributed by atoms with Crippen molar-refractivity contribution in [1.82, 2.24) is 24.4 Å². The topological polar surface area (TPSA) is 79.1 Å². The fourth-order valence-corrected chi connectivity index (χ4v) is 5.71. The van der Waals surface area contributed by atoms with E-state index in [2.05, 4.69) is 62.0 Å². The number of rotatable bonds is 5. The van der Waals surface area contributed by atoms with E-state index in [-0.39, 0.29) is 6.61 Å². The van der Waals surface area contributed by atoms with E-state index in [1.54, 1.807) is 0 Å². The largest absolute Gasteiger partial charge is 0.395 e. The van der Waals surface area contributed by atoms with Crippen LogP contribution in [-0.2, 0) is 13.0 Å². The Morgan fingerprint density at radius 2 is 1.88 bits per heavy atom. The summed E-state index contributed by atoms with van der Waals surface area (Å²) in [5.74, 6) is 2.15. The smallest absolute Gasteiger partial charge is 0.230 e. The van der Waals surface area contributed by atoms with Crippen LogP contribution in [0.25, 0.3) is 21.9 Å². The van der Waals surface area contributed by atoms with Crippen LogP contribution in [0.1, 0.15) is 49.8 Å². The van der Waals surface area contributed by atoms with Crippen LogP contribution in [0.4, 0.5) is 11.8 Å². The average Bonchev–Trinajstić information content (AvgIpc) is 3.18. The maximum absolute atomic E-state index is 9.30. The molecule has 1 fully saturated rings. The molecule has 0 amide bonds. The maximum atomic E-state index is 9.30. The number of β-amino-alcohol motifs (C(OH)–C–C–N with tert-alkyl or cyclic N) is 1. The van der Waals surface area contributed by atoms with Gasteiger partial charge in [-0.25, -0.2) is 9.97 Å². The van der Waals surface area contributed by atoms with E-state index in [1.165, 1.54) is 47.7 Å². The summed E-state index contributed by atoms with van der Waals surface area (Å²) >= 11 is 0. The Labute approximate surface area is 199 Å². The minimum absolute atomic E-state index is 0.188. The van der Waals surface area contributed by atoms with Gasteiger partial charge in [0.05, 0.1) is 12.1 Å². The summed E-state index contributed by atoms with van der Waals surface area (Å²) in [6.45, 7) is 5.05. The molecule has 0 spiro atoms. The molecule has 3 aromatic heterocycles. The monoisotopic (exact) mass is 456 g/mol. The number of pyridine rings is 1. The summed E-state index contributed by atoms with van der Waals surface area (Å²) in [5.41, 5.74) is 4.79. The molecule has 4 heterocycles. The lowest BCUT2D eigenvalue weighted by atomic mass is 9.87. The summed E-state index contributed by atoms with van der Waals surface area (Å²) in [4.78, 5) is 16.6. The van der Waals surface area contributed by atoms with Gasteiger partial charge in [-0.1, -0.05) is 25.1 Å². The molecule has 4 aromatic rings. The van der Waals surface area contributed by atoms with Gasteiger partial charge in [-0.15, -0.1) is 0 Å². The number of anilines is 2. The molecule has 34 heavy (non-hydrogen) atoms. The second kappa shape index (κ2) is 8.96. The van der Waals surface area contributed by atoms with Gasteiger partial charge in [0.25, 0.3) is 0 Å². The van der Waals surface area contributed by atoms with Gasteiger partial charge in [-0.05, 0) is 61.3 Å². The third-order valence-electron chi connectivity index (χ3n) is 7.63. The second-order valence-electron chi connectivity index (χ2n) is 9.94. The standard InChI is InChI=1S/C27H32N6O/c1-18-6-8-21(9-7-18)33-24-5-3-2-4-22(24)23-16-29-27(31-26(23)33)30-25-14-20-17-32(12-13-34)11-10-19(20)15-28-25/h2-5,14-16,18,21,34H,6-13,17H2,1H3,(H,28,29,30,31)/t18-,21-. The summed E-state index contributed by atoms with van der Waals surface area (Å²) in [6.07, 6.45) is 9.80. The van der Waals surface area contributed by atoms with Gasteiger partial charge >= 0.3 is 0 Å². The van der Waals surface area contributed by atoms with Crippen molar-refractivity contribution in [2.45, 2.75) is 51.6 Å². The third-order valence-corrected chi connectivity index (χ3v) is 7.63. The highest BCUT2D eigenvalue weighted by Gasteiger charge is 2.24. The Morgan fingerprint density at radius 1 is 1.03 bits per heavy atom. The molecule has 7 nitrogen and oxygen atoms in total. The molecule has 1 aliphatic carbocycles. The molecule has 0 atom stereocenters. The van der Waals surface area contributed by atoms with Crippen molar-refractivity contribution >= 4 is 33.7 Å². The first-order valence-electron chi connectivity index (χ1n) is 12.5. The van der Waals surface area contributed by atoms with Crippen LogP contribution in [0.3, 0.4) is 0 Å². The van der Waals surface area contributed by atoms with E-state index in [0.29, 0.717) is 18.5 Å². The lowest BCUT2D eigenvalue weighted by Gasteiger charge is -2.28. The van der Waals surface area contributed by atoms with Gasteiger partial charge < -0.3 is 15.0 Å². The van der Waals surface area contributed by atoms with E-state index in [1.807, 2.05) is 12.4 Å². The molecule has 0 bridgehead atoms. The van der Waals surface area contributed by atoms with Crippen LogP contribution in [0, 0.1) is 5.92 Å². The molecule has 2 N–H and O–H groups in total. The first kappa shape index (κ1) is 21.5. The predicted octanol–water partition coefficient (Wildman–Crippen LogP) is 4.82. The number of para-hydroxylation sites is 1. The summed E-state index contributed by atoms with van der Waals surface area (Å²) in [5, 5.41) is 15.0. The Balaban J connectivity index is 1.35. The molecular weight excluding hydrogens is 424 g/mol. The predicted molar refractivity (Wildman–Crippen MR) is 135 cm³/mol. The molecule has 6 rings (SSSR count). The van der Waals surface area contributed by atoms with Crippen molar-refractivity contribution in [3.63, 3.8) is 0 Å². The number of aliphatic hydroxyl groups excluding tert-OH is 1. The molecule has 0 saturated heterocycles. The van der Waals surface area contributed by atoms with Crippen molar-refractivity contribution in [1.29, 1.82) is 0 Å². The quantitative estimate of drug-likeness (QED) is 0.448. The van der Waals surface area contributed by atoms with Crippen LogP contribution in [0.2, 0.25) is 0 Å². The SMILES string of the molecule is C[C@H]1CC[C@H](n2c3ccccc3c3cnc(Nc4cc5c(cn4)CCN(CCO)C5)nc32)CC1. The van der Waals surface area contributed by atoms with Crippen molar-refractivity contribution in [3.05, 3.63) is 53.9 Å². The fourth-order valence-electron chi connectivity index (χ4n) is 5.71. The number of fused-ring (bicyclic) bond motifs is 4. The molecule has 7 heteroatoms. The van der Waals surface area contributed by atoms with E-state index < -0.39 is 0 Å². The second-order valence-corrected chi connectivity index (χ2v) is 9.94. The zero-order chi connectivity index (χ0) is 23.1. The lowest BCUT2D eigenvalue weighted by molar-refractivity contribution is 0.184. The highest BCUT2D eigenvalue weighted by atomic mass is 16.3. The van der Waals surface area contributed by atoms with Crippen molar-refractivity contribution in [2.75, 3.05) is 25.0 Å². The molecular formula is C27H32N6O. The Kier molecular flexibility index (Phi) is 5.67. The van der Waals surface area contributed by atoms with Gasteiger partial charge in [0.2, 0.25) is 5.95 Å². The van der Waals surface area contributed by atoms with Crippen LogP contribution in [0.5, 0.6) is 0 Å². The molecule has 1 aromatic carbocycles. The van der Waals surface area contributed by atoms with Crippen LogP contribution >= 0.6 is 0 Å². The molecule has 176 valence electrons. The first-order valence-corrected chi connectivity index (χ1v) is 12.5. The van der Waals surface area contributed by atoms with Crippen molar-refractivity contribution in [3.8, 4) is 0 Å². The summed E-state index contributed by atoms with van der Waals surface area (Å²) in [7, 11) is 0. The van der Waals surface area contributed by atoms with Crippen molar-refractivity contribution < 1.29 is 5.11 Å². The Morgan fingerprint density at radius 3 is 2.74 bits per heavy atom. The van der Waals surface area contributed by atoms with Crippen molar-refractivity contribution in [2.24, 2.45) is 5.92 Å². The molecule has 0 radical (unpaired) electrons. The fraction of sp³-hybridized carbons (Fsp3) is 0.444. The van der Waals surface area contributed by atoms with Gasteiger partial charge in [0, 0.05) is 48.8 Å². The number of aliphatic hydroxyl groups is 1. The van der Waals surface area contributed by atoms with E-state index in [0.717, 1.165) is 42.3 Å². The Bertz CT molecular complexity index is 1320. The number of nitrogens with one attached hydrogen (secondary N) is 1. The molecule has 0 unspecified atom stereocenters. The number of nitrogens with zero attached hydrogens (tertiary/aromatic N) is 5. The lowest BCUT2D eigenvalue weighted by Crippen LogP contribution is -2.32. The number of hydrogen-bond acceptors (Lipinski definition) is 6. The maximum Gasteiger partial charge on any atom is 0.230 e. The number of hydrogen-bond donors (Lipinski definition) is 2. The molecule has 2 aliphatic rings. The zero-order valence-corrected chi connectivity index (χ0v) is 19.7. The minimum Gasteiger partial charge on any atom is -0.395 e. The first-order chi connectivity index (χ1) is 16.7. The minimum atomic E-state index is 0.188. The van der Waals surface area contributed by atoms with E-state index in [4.69, 9.17) is 4.98 Å². The summed E-state index contributed by atoms with van der Waals surface area (Å²) < 4.78 is 2.45. The van der Waals surface area contributed by atoms with Gasteiger partial charge in [0.1, 0.15) is 11.5 Å². The molecule has 1 aliphatic heterocycles. The van der Waals surface area contributed by atoms with E-state index >= 15 is 0 Å². The Hall–Kier alpha value is -3.03. The number of benzene rings is 1. The zero-order valence-electron chi connectivity index (χ0n) is 19.7. The van der Waals surface area contributed by atoms with E-state index in [9.17, 15) is 5.11 Å². The van der Waals surface area contributed by atoms with Crippen LogP contribution < -0.4 is 5.32 Å². The summed E-state index contributed by atoms with van der Waals surface area (Å²) in [6, 6.07) is 11.2. The highest BCUT2D eigenvalue weighted by Crippen LogP contribution is 2.38. The molecule has 1 saturated carbocycles.